The van der Waals surface area contributed by atoms with Crippen LogP contribution in [0.1, 0.15) is 0 Å². The third kappa shape index (κ3) is 0.618. The summed E-state index contributed by atoms with van der Waals surface area (Å²) in [6.45, 7) is 0. The summed E-state index contributed by atoms with van der Waals surface area (Å²) in [6, 6.07) is 0. The summed E-state index contributed by atoms with van der Waals surface area (Å²) in [6.07, 6.45) is 5.41. The van der Waals surface area contributed by atoms with Gasteiger partial charge in [0, 0.05) is 5.70 Å². The van der Waals surface area contributed by atoms with Gasteiger partial charge in [-0.15, -0.1) is 11.8 Å². The van der Waals surface area contributed by atoms with E-state index in [0.29, 0.717) is 0 Å². The standard InChI is InChI=1S/C6H7NOS/c7-4-2-1-3-6(8)5(4)9-6/h1-3,5,8H,7H2. The number of hydrogen-bond acceptors (Lipinski definition) is 3. The van der Waals surface area contributed by atoms with Crippen molar-refractivity contribution in [1.29, 1.82) is 0 Å². The van der Waals surface area contributed by atoms with Gasteiger partial charge >= 0.3 is 0 Å². The number of nitrogens with two attached hydrogens (primary N) is 1. The molecule has 3 N–H and O–H groups in total. The minimum absolute atomic E-state index is 0.141. The number of thioether (sulfide) groups is 1. The van der Waals surface area contributed by atoms with Crippen LogP contribution in [0.5, 0.6) is 0 Å². The molecule has 0 radical (unpaired) electrons. The normalized spacial score (nSPS) is 45.9. The van der Waals surface area contributed by atoms with Gasteiger partial charge in [0.15, 0.2) is 0 Å². The molecular formula is C6H7NOS. The Morgan fingerprint density at radius 2 is 2.56 bits per heavy atom. The number of allylic oxidation sites excluding steroid dienone is 2. The zero-order valence-corrected chi connectivity index (χ0v) is 5.56. The fraction of sp³-hybridized carbons (Fsp3) is 0.333. The first-order valence-electron chi connectivity index (χ1n) is 2.77. The summed E-state index contributed by atoms with van der Waals surface area (Å²) in [7, 11) is 0. The molecule has 0 aromatic carbocycles. The van der Waals surface area contributed by atoms with Gasteiger partial charge in [0.2, 0.25) is 0 Å². The molecule has 9 heavy (non-hydrogen) atoms. The predicted molar refractivity (Wildman–Crippen MR) is 37.7 cm³/mol. The first-order chi connectivity index (χ1) is 4.22. The molecule has 0 amide bonds. The number of rotatable bonds is 0. The Morgan fingerprint density at radius 1 is 1.78 bits per heavy atom. The number of hydrogen-bond donors (Lipinski definition) is 2. The van der Waals surface area contributed by atoms with E-state index in [2.05, 4.69) is 0 Å². The molecule has 0 bridgehead atoms. The van der Waals surface area contributed by atoms with Gasteiger partial charge in [0.05, 0.1) is 5.25 Å². The number of aliphatic hydroxyl groups is 1. The van der Waals surface area contributed by atoms with E-state index < -0.39 is 4.93 Å². The van der Waals surface area contributed by atoms with E-state index >= 15 is 0 Å². The van der Waals surface area contributed by atoms with E-state index in [1.54, 1.807) is 12.2 Å². The highest BCUT2D eigenvalue weighted by molar-refractivity contribution is 8.08. The van der Waals surface area contributed by atoms with Crippen molar-refractivity contribution in [3.8, 4) is 0 Å². The average Bonchev–Trinajstić information content (AvgIpc) is 2.43. The molecule has 3 heteroatoms. The van der Waals surface area contributed by atoms with Crippen molar-refractivity contribution in [3.05, 3.63) is 23.9 Å². The first kappa shape index (κ1) is 5.38. The molecule has 1 fully saturated rings. The van der Waals surface area contributed by atoms with Crippen molar-refractivity contribution >= 4 is 11.8 Å². The maximum atomic E-state index is 9.37. The van der Waals surface area contributed by atoms with Crippen molar-refractivity contribution < 1.29 is 5.11 Å². The number of fused-ring (bicyclic) bond motifs is 1. The minimum Gasteiger partial charge on any atom is -0.401 e. The van der Waals surface area contributed by atoms with Crippen LogP contribution >= 0.6 is 11.8 Å². The van der Waals surface area contributed by atoms with E-state index in [0.717, 1.165) is 5.70 Å². The molecule has 1 saturated heterocycles. The molecule has 0 aromatic rings. The van der Waals surface area contributed by atoms with Gasteiger partial charge in [-0.3, -0.25) is 0 Å². The topological polar surface area (TPSA) is 46.2 Å². The molecule has 2 unspecified atom stereocenters. The van der Waals surface area contributed by atoms with Crippen LogP contribution in [0.15, 0.2) is 23.9 Å². The lowest BCUT2D eigenvalue weighted by Gasteiger charge is -2.04. The van der Waals surface area contributed by atoms with Crippen molar-refractivity contribution in [3.63, 3.8) is 0 Å². The summed E-state index contributed by atoms with van der Waals surface area (Å²) in [5, 5.41) is 9.52. The predicted octanol–water partition coefficient (Wildman–Crippen LogP) is 0.203. The monoisotopic (exact) mass is 141 g/mol. The third-order valence-corrected chi connectivity index (χ3v) is 2.91. The largest absolute Gasteiger partial charge is 0.401 e. The smallest absolute Gasteiger partial charge is 0.147 e. The lowest BCUT2D eigenvalue weighted by Crippen LogP contribution is -2.18. The maximum absolute atomic E-state index is 9.37. The first-order valence-corrected chi connectivity index (χ1v) is 3.65. The molecule has 0 spiro atoms. The zero-order valence-electron chi connectivity index (χ0n) is 4.74. The highest BCUT2D eigenvalue weighted by Gasteiger charge is 2.54. The van der Waals surface area contributed by atoms with Gasteiger partial charge in [0.25, 0.3) is 0 Å². The molecule has 48 valence electrons. The molecule has 0 saturated carbocycles. The summed E-state index contributed by atoms with van der Waals surface area (Å²) in [4.78, 5) is -0.640. The van der Waals surface area contributed by atoms with Crippen LogP contribution in [0, 0.1) is 0 Å². The fourth-order valence-electron chi connectivity index (χ4n) is 0.973. The van der Waals surface area contributed by atoms with E-state index in [1.807, 2.05) is 6.08 Å². The lowest BCUT2D eigenvalue weighted by atomic mass is 10.1. The second kappa shape index (κ2) is 1.36. The van der Waals surface area contributed by atoms with E-state index in [9.17, 15) is 5.11 Å². The van der Waals surface area contributed by atoms with E-state index in [4.69, 9.17) is 5.73 Å². The van der Waals surface area contributed by atoms with Crippen molar-refractivity contribution in [2.24, 2.45) is 5.73 Å². The molecule has 1 aliphatic heterocycles. The summed E-state index contributed by atoms with van der Waals surface area (Å²) >= 11 is 1.48. The molecule has 1 heterocycles. The molecular weight excluding hydrogens is 134 g/mol. The summed E-state index contributed by atoms with van der Waals surface area (Å²) in [5.41, 5.74) is 6.32. The third-order valence-electron chi connectivity index (χ3n) is 1.55. The van der Waals surface area contributed by atoms with Crippen molar-refractivity contribution in [2.45, 2.75) is 10.2 Å². The van der Waals surface area contributed by atoms with E-state index in [1.165, 1.54) is 11.8 Å². The molecule has 1 aliphatic carbocycles. The minimum atomic E-state index is -0.640. The Bertz CT molecular complexity index is 211. The molecule has 2 nitrogen and oxygen atoms in total. The quantitative estimate of drug-likeness (QED) is 0.474. The molecule has 0 aromatic heterocycles. The molecule has 2 atom stereocenters. The van der Waals surface area contributed by atoms with Gasteiger partial charge in [-0.05, 0) is 12.2 Å². The Kier molecular flexibility index (Phi) is 0.811. The summed E-state index contributed by atoms with van der Waals surface area (Å²) < 4.78 is 0. The molecule has 2 rings (SSSR count). The van der Waals surface area contributed by atoms with Crippen LogP contribution in [0.25, 0.3) is 0 Å². The maximum Gasteiger partial charge on any atom is 0.147 e. The lowest BCUT2D eigenvalue weighted by molar-refractivity contribution is 0.225. The highest BCUT2D eigenvalue weighted by atomic mass is 32.2. The second-order valence-electron chi connectivity index (χ2n) is 2.28. The van der Waals surface area contributed by atoms with Crippen molar-refractivity contribution in [1.82, 2.24) is 0 Å². The van der Waals surface area contributed by atoms with Crippen molar-refractivity contribution in [2.75, 3.05) is 0 Å². The van der Waals surface area contributed by atoms with Crippen LogP contribution in [-0.4, -0.2) is 15.3 Å². The Morgan fingerprint density at radius 3 is 3.11 bits per heavy atom. The Balaban J connectivity index is 2.34. The van der Waals surface area contributed by atoms with Gasteiger partial charge in [-0.2, -0.15) is 0 Å². The van der Waals surface area contributed by atoms with Gasteiger partial charge < -0.3 is 10.8 Å². The van der Waals surface area contributed by atoms with E-state index in [-0.39, 0.29) is 5.25 Å². The molecule has 2 aliphatic rings. The Labute approximate surface area is 57.4 Å². The average molecular weight is 141 g/mol. The SMILES string of the molecule is NC1=CC=CC2(O)SC12. The second-order valence-corrected chi connectivity index (χ2v) is 3.64. The van der Waals surface area contributed by atoms with Gasteiger partial charge in [-0.25, -0.2) is 0 Å². The fourth-order valence-corrected chi connectivity index (χ4v) is 1.87. The van der Waals surface area contributed by atoms with Gasteiger partial charge in [0.1, 0.15) is 4.93 Å². The Hall–Kier alpha value is -0.410. The van der Waals surface area contributed by atoms with Crippen LogP contribution in [0.2, 0.25) is 0 Å². The van der Waals surface area contributed by atoms with Crippen LogP contribution < -0.4 is 5.73 Å². The highest BCUT2D eigenvalue weighted by Crippen LogP contribution is 2.56. The van der Waals surface area contributed by atoms with Crippen LogP contribution in [-0.2, 0) is 0 Å². The summed E-state index contributed by atoms with van der Waals surface area (Å²) in [5.74, 6) is 0. The van der Waals surface area contributed by atoms with Gasteiger partial charge in [-0.1, -0.05) is 6.08 Å². The van der Waals surface area contributed by atoms with Crippen LogP contribution in [0.4, 0.5) is 0 Å². The van der Waals surface area contributed by atoms with Crippen LogP contribution in [0.3, 0.4) is 0 Å². The zero-order chi connectivity index (χ0) is 6.48.